The van der Waals surface area contributed by atoms with E-state index >= 15 is 8.78 Å². The van der Waals surface area contributed by atoms with Crippen molar-refractivity contribution < 1.29 is 37.4 Å². The highest BCUT2D eigenvalue weighted by atomic mass is 19.1. The van der Waals surface area contributed by atoms with Crippen LogP contribution in [-0.4, -0.2) is 117 Å². The number of piperazine rings is 1. The Bertz CT molecular complexity index is 1360. The number of alkyl carbamates (subject to hydrolysis) is 1. The van der Waals surface area contributed by atoms with E-state index in [0.29, 0.717) is 5.70 Å². The Kier molecular flexibility index (Phi) is 8.63. The third-order valence-corrected chi connectivity index (χ3v) is 7.25. The summed E-state index contributed by atoms with van der Waals surface area (Å²) in [5.74, 6) is -2.39. The molecule has 5 rings (SSSR count). The molecular formula is C27H32F2N8O6. The third-order valence-electron chi connectivity index (χ3n) is 7.25. The molecule has 230 valence electrons. The fourth-order valence-corrected chi connectivity index (χ4v) is 5.08. The highest BCUT2D eigenvalue weighted by Gasteiger charge is 2.35. The number of anilines is 2. The molecule has 1 aromatic carbocycles. The Morgan fingerprint density at radius 2 is 1.91 bits per heavy atom. The van der Waals surface area contributed by atoms with E-state index in [1.165, 1.54) is 16.8 Å². The van der Waals surface area contributed by atoms with E-state index in [-0.39, 0.29) is 75.6 Å². The highest BCUT2D eigenvalue weighted by molar-refractivity contribution is 5.95. The van der Waals surface area contributed by atoms with Crippen LogP contribution in [0.15, 0.2) is 41.3 Å². The molecule has 0 bridgehead atoms. The zero-order chi connectivity index (χ0) is 30.7. The molecule has 0 aliphatic carbocycles. The zero-order valence-electron chi connectivity index (χ0n) is 23.7. The maximum Gasteiger partial charge on any atom is 0.414 e. The summed E-state index contributed by atoms with van der Waals surface area (Å²) in [4.78, 5) is 61.0. The van der Waals surface area contributed by atoms with Gasteiger partial charge in [-0.2, -0.15) is 0 Å². The number of nitrogens with zero attached hydrogens (tertiary/aromatic N) is 6. The molecule has 0 aromatic heterocycles. The zero-order valence-corrected chi connectivity index (χ0v) is 23.7. The Balaban J connectivity index is 1.13. The van der Waals surface area contributed by atoms with Crippen LogP contribution in [0.2, 0.25) is 0 Å². The summed E-state index contributed by atoms with van der Waals surface area (Å²) in [6.45, 7) is 2.36. The molecule has 2 N–H and O–H groups in total. The lowest BCUT2D eigenvalue weighted by Gasteiger charge is -2.37. The summed E-state index contributed by atoms with van der Waals surface area (Å²) in [7, 11) is 1.52. The summed E-state index contributed by atoms with van der Waals surface area (Å²) >= 11 is 0. The molecule has 2 atom stereocenters. The van der Waals surface area contributed by atoms with Gasteiger partial charge in [-0.1, -0.05) is 0 Å². The van der Waals surface area contributed by atoms with Crippen molar-refractivity contribution in [2.24, 2.45) is 4.99 Å². The van der Waals surface area contributed by atoms with Crippen molar-refractivity contribution in [2.75, 3.05) is 69.3 Å². The Morgan fingerprint density at radius 3 is 2.58 bits per heavy atom. The molecule has 0 radical (unpaired) electrons. The first-order valence-electron chi connectivity index (χ1n) is 13.8. The Morgan fingerprint density at radius 1 is 1.19 bits per heavy atom. The third kappa shape index (κ3) is 6.47. The van der Waals surface area contributed by atoms with Crippen LogP contribution in [-0.2, 0) is 19.1 Å². The number of fused-ring (bicyclic) bond motifs is 1. The number of hydrogen-bond acceptors (Lipinski definition) is 10. The summed E-state index contributed by atoms with van der Waals surface area (Å²) in [6.07, 6.45) is 4.21. The molecule has 0 spiro atoms. The fraction of sp³-hybridized carbons (Fsp3) is 0.444. The number of hydrogen-bond donors (Lipinski definition) is 2. The van der Waals surface area contributed by atoms with Gasteiger partial charge in [-0.25, -0.2) is 23.4 Å². The number of allylic oxidation sites excluding steroid dienone is 1. The Hall–Kier alpha value is -4.89. The lowest BCUT2D eigenvalue weighted by atomic mass is 10.2. The second-order valence-corrected chi connectivity index (χ2v) is 10.2. The number of benzene rings is 1. The van der Waals surface area contributed by atoms with Gasteiger partial charge in [0.25, 0.3) is 5.91 Å². The van der Waals surface area contributed by atoms with Gasteiger partial charge in [0.15, 0.2) is 17.9 Å². The molecule has 14 nitrogen and oxygen atoms in total. The average molecular weight is 603 g/mol. The molecule has 16 heteroatoms. The van der Waals surface area contributed by atoms with Gasteiger partial charge in [-0.3, -0.25) is 14.5 Å². The van der Waals surface area contributed by atoms with E-state index in [9.17, 15) is 19.2 Å². The van der Waals surface area contributed by atoms with Gasteiger partial charge in [0.05, 0.1) is 31.9 Å². The molecule has 4 heterocycles. The largest absolute Gasteiger partial charge is 0.450 e. The van der Waals surface area contributed by atoms with E-state index in [0.717, 1.165) is 17.0 Å². The van der Waals surface area contributed by atoms with Crippen LogP contribution in [0.25, 0.3) is 0 Å². The molecule has 2 saturated heterocycles. The topological polar surface area (TPSA) is 139 Å². The number of aliphatic imine (C=N–C) groups is 1. The molecule has 4 aliphatic rings. The maximum atomic E-state index is 15.2. The molecule has 4 aliphatic heterocycles. The van der Waals surface area contributed by atoms with Crippen molar-refractivity contribution in [2.45, 2.75) is 19.3 Å². The van der Waals surface area contributed by atoms with Crippen LogP contribution in [0.1, 0.15) is 6.92 Å². The van der Waals surface area contributed by atoms with Crippen LogP contribution < -0.4 is 20.4 Å². The van der Waals surface area contributed by atoms with Crippen molar-refractivity contribution in [3.63, 3.8) is 0 Å². The molecule has 2 fully saturated rings. The minimum atomic E-state index is -0.867. The number of rotatable bonds is 8. The second-order valence-electron chi connectivity index (χ2n) is 10.2. The predicted molar refractivity (Wildman–Crippen MR) is 150 cm³/mol. The van der Waals surface area contributed by atoms with E-state index < -0.39 is 36.2 Å². The fourth-order valence-electron chi connectivity index (χ4n) is 5.08. The maximum absolute atomic E-state index is 15.2. The van der Waals surface area contributed by atoms with Crippen molar-refractivity contribution in [3.8, 4) is 0 Å². The minimum absolute atomic E-state index is 0.0155. The summed E-state index contributed by atoms with van der Waals surface area (Å²) in [5.41, 5.74) is 0.0348. The number of likely N-dealkylation sites (N-methyl/N-ethyl adjacent to an activating group) is 1. The van der Waals surface area contributed by atoms with Gasteiger partial charge in [-0.05, 0) is 13.0 Å². The number of halogens is 2. The van der Waals surface area contributed by atoms with E-state index in [2.05, 4.69) is 15.6 Å². The van der Waals surface area contributed by atoms with Gasteiger partial charge in [0.2, 0.25) is 5.91 Å². The van der Waals surface area contributed by atoms with Crippen LogP contribution in [0.3, 0.4) is 0 Å². The first-order valence-corrected chi connectivity index (χ1v) is 13.8. The van der Waals surface area contributed by atoms with E-state index in [1.807, 2.05) is 0 Å². The summed E-state index contributed by atoms with van der Waals surface area (Å²) in [6, 6.07) is 2.11. The lowest BCUT2D eigenvalue weighted by molar-refractivity contribution is -0.138. The SMILES string of the molecule is CCOC(=O)NC[C@H]1CN(c2cc(F)c(N3CCN(C(=O)CN(C)C(=O)C4=CN5C=CC=NC5N4)CC3)c(F)c2)C(=O)O1. The molecule has 43 heavy (non-hydrogen) atoms. The second kappa shape index (κ2) is 12.5. The van der Waals surface area contributed by atoms with E-state index in [1.54, 1.807) is 41.4 Å². The number of amides is 4. The molecular weight excluding hydrogens is 570 g/mol. The minimum Gasteiger partial charge on any atom is -0.450 e. The molecule has 4 amide bonds. The van der Waals surface area contributed by atoms with Crippen LogP contribution in [0.4, 0.5) is 29.7 Å². The van der Waals surface area contributed by atoms with Gasteiger partial charge in [0.1, 0.15) is 17.5 Å². The predicted octanol–water partition coefficient (Wildman–Crippen LogP) is 0.771. The van der Waals surface area contributed by atoms with Crippen LogP contribution in [0, 0.1) is 11.6 Å². The molecule has 1 aromatic rings. The highest BCUT2D eigenvalue weighted by Crippen LogP contribution is 2.31. The average Bonchev–Trinajstić information content (AvgIpc) is 3.59. The first-order chi connectivity index (χ1) is 20.6. The van der Waals surface area contributed by atoms with Gasteiger partial charge < -0.3 is 39.7 Å². The van der Waals surface area contributed by atoms with Gasteiger partial charge in [-0.15, -0.1) is 0 Å². The standard InChI is InChI=1S/C27H32F2N8O6/c1-3-42-26(40)31-13-18-14-37(27(41)43-18)17-11-19(28)23(20(29)12-17)35-9-7-34(8-10-35)22(38)16-33(2)24(39)21-15-36-6-4-5-30-25(36)32-21/h4-6,11-12,15,18,25,32H,3,7-10,13-14,16H2,1-2H3,(H,31,40)/t18-,25?/m0/s1. The number of ether oxygens (including phenoxy) is 2. The molecule has 0 saturated carbocycles. The van der Waals surface area contributed by atoms with Gasteiger partial charge in [0, 0.05) is 64.0 Å². The van der Waals surface area contributed by atoms with Gasteiger partial charge >= 0.3 is 12.2 Å². The van der Waals surface area contributed by atoms with Crippen LogP contribution >= 0.6 is 0 Å². The van der Waals surface area contributed by atoms with E-state index in [4.69, 9.17) is 9.47 Å². The van der Waals surface area contributed by atoms with Crippen molar-refractivity contribution >= 4 is 41.6 Å². The smallest absolute Gasteiger partial charge is 0.414 e. The number of carbonyl (C=O) groups excluding carboxylic acids is 4. The number of cyclic esters (lactones) is 1. The van der Waals surface area contributed by atoms with Crippen molar-refractivity contribution in [1.82, 2.24) is 25.3 Å². The molecule has 1 unspecified atom stereocenters. The quantitative estimate of drug-likeness (QED) is 0.442. The summed E-state index contributed by atoms with van der Waals surface area (Å²) < 4.78 is 40.4. The summed E-state index contributed by atoms with van der Waals surface area (Å²) in [5, 5.41) is 5.46. The Labute approximate surface area is 246 Å². The van der Waals surface area contributed by atoms with Crippen LogP contribution in [0.5, 0.6) is 0 Å². The first kappa shape index (κ1) is 29.6. The number of carbonyl (C=O) groups is 4. The lowest BCUT2D eigenvalue weighted by Crippen LogP contribution is -2.52. The number of nitrogens with one attached hydrogen (secondary N) is 2. The van der Waals surface area contributed by atoms with Crippen molar-refractivity contribution in [1.29, 1.82) is 0 Å². The monoisotopic (exact) mass is 602 g/mol. The van der Waals surface area contributed by atoms with Crippen molar-refractivity contribution in [3.05, 3.63) is 47.9 Å². The normalized spacial score (nSPS) is 20.8.